The number of carbonyl (C=O) groups is 1. The molecule has 3 atom stereocenters. The van der Waals surface area contributed by atoms with Gasteiger partial charge in [-0.1, -0.05) is 19.8 Å². The van der Waals surface area contributed by atoms with Crippen LogP contribution in [-0.4, -0.2) is 36.2 Å². The number of carbonyl (C=O) groups excluding carboxylic acids is 1. The van der Waals surface area contributed by atoms with Crippen LogP contribution in [0.1, 0.15) is 51.9 Å². The molecule has 1 N–H and O–H groups in total. The van der Waals surface area contributed by atoms with Gasteiger partial charge in [-0.3, -0.25) is 4.79 Å². The number of ether oxygens (including phenoxy) is 1. The average molecular weight is 285 g/mol. The minimum atomic E-state index is -0.0930. The van der Waals surface area contributed by atoms with Crippen molar-refractivity contribution in [2.24, 2.45) is 5.92 Å². The topological polar surface area (TPSA) is 38.3 Å². The van der Waals surface area contributed by atoms with Gasteiger partial charge in [-0.05, 0) is 43.8 Å². The number of thioether (sulfide) groups is 1. The molecular formula is C15H27NO2S. The Labute approximate surface area is 121 Å². The smallest absolute Gasteiger partial charge is 0.322 e. The second kappa shape index (κ2) is 7.53. The Kier molecular flexibility index (Phi) is 6.02. The fraction of sp³-hybridized carbons (Fsp3) is 0.933. The first-order chi connectivity index (χ1) is 9.19. The Hall–Kier alpha value is -0.220. The van der Waals surface area contributed by atoms with Crippen LogP contribution in [-0.2, 0) is 9.53 Å². The Morgan fingerprint density at radius 1 is 1.37 bits per heavy atom. The van der Waals surface area contributed by atoms with Crippen molar-refractivity contribution >= 4 is 17.7 Å². The van der Waals surface area contributed by atoms with Gasteiger partial charge in [-0.25, -0.2) is 0 Å². The van der Waals surface area contributed by atoms with Crippen LogP contribution < -0.4 is 5.32 Å². The van der Waals surface area contributed by atoms with Crippen molar-refractivity contribution in [3.8, 4) is 0 Å². The third-order valence-corrected chi connectivity index (χ3v) is 5.52. The van der Waals surface area contributed by atoms with E-state index in [1.165, 1.54) is 45.6 Å². The second-order valence-electron chi connectivity index (χ2n) is 6.07. The summed E-state index contributed by atoms with van der Waals surface area (Å²) >= 11 is 2.06. The number of hydrogen-bond acceptors (Lipinski definition) is 4. The first-order valence-corrected chi connectivity index (χ1v) is 8.69. The molecule has 2 aliphatic rings. The maximum Gasteiger partial charge on any atom is 0.322 e. The highest BCUT2D eigenvalue weighted by molar-refractivity contribution is 7.99. The summed E-state index contributed by atoms with van der Waals surface area (Å²) in [5.74, 6) is 1.86. The first-order valence-electron chi connectivity index (χ1n) is 7.64. The molecule has 110 valence electrons. The highest BCUT2D eigenvalue weighted by atomic mass is 32.2. The molecular weight excluding hydrogens is 258 g/mol. The van der Waals surface area contributed by atoms with E-state index in [2.05, 4.69) is 24.0 Å². The van der Waals surface area contributed by atoms with E-state index in [9.17, 15) is 4.79 Å². The molecule has 0 radical (unpaired) electrons. The fourth-order valence-electron chi connectivity index (χ4n) is 2.83. The van der Waals surface area contributed by atoms with Gasteiger partial charge in [0.1, 0.15) is 6.04 Å². The number of nitrogens with one attached hydrogen (secondary N) is 1. The zero-order chi connectivity index (χ0) is 13.7. The summed E-state index contributed by atoms with van der Waals surface area (Å²) in [6.07, 6.45) is 8.79. The van der Waals surface area contributed by atoms with E-state index in [1.54, 1.807) is 0 Å². The molecule has 2 saturated carbocycles. The highest BCUT2D eigenvalue weighted by Gasteiger charge is 2.29. The maximum atomic E-state index is 11.7. The maximum absolute atomic E-state index is 11.7. The van der Waals surface area contributed by atoms with Crippen LogP contribution in [0.15, 0.2) is 0 Å². The van der Waals surface area contributed by atoms with E-state index < -0.39 is 0 Å². The normalized spacial score (nSPS) is 28.9. The van der Waals surface area contributed by atoms with Crippen molar-refractivity contribution < 1.29 is 9.53 Å². The molecule has 0 heterocycles. The summed E-state index contributed by atoms with van der Waals surface area (Å²) in [5.41, 5.74) is 0. The van der Waals surface area contributed by atoms with E-state index in [0.29, 0.717) is 6.04 Å². The molecule has 0 amide bonds. The molecule has 0 saturated heterocycles. The Balaban J connectivity index is 1.67. The number of methoxy groups -OCH3 is 1. The molecule has 2 rings (SSSR count). The van der Waals surface area contributed by atoms with Crippen LogP contribution in [0.2, 0.25) is 0 Å². The van der Waals surface area contributed by atoms with E-state index in [4.69, 9.17) is 4.74 Å². The zero-order valence-corrected chi connectivity index (χ0v) is 13.0. The molecule has 3 unspecified atom stereocenters. The molecule has 4 heteroatoms. The molecule has 0 spiro atoms. The molecule has 19 heavy (non-hydrogen) atoms. The SMILES string of the molecule is COC(=O)C(CCSC1CCCC(C)C1)NC1CC1. The summed E-state index contributed by atoms with van der Waals surface area (Å²) in [5, 5.41) is 4.21. The van der Waals surface area contributed by atoms with E-state index in [-0.39, 0.29) is 12.0 Å². The molecule has 0 aromatic heterocycles. The molecule has 0 aliphatic heterocycles. The number of esters is 1. The van der Waals surface area contributed by atoms with Crippen molar-refractivity contribution in [1.29, 1.82) is 0 Å². The quantitative estimate of drug-likeness (QED) is 0.730. The van der Waals surface area contributed by atoms with Gasteiger partial charge in [0.15, 0.2) is 0 Å². The summed E-state index contributed by atoms with van der Waals surface area (Å²) < 4.78 is 4.89. The summed E-state index contributed by atoms with van der Waals surface area (Å²) in [4.78, 5) is 11.7. The summed E-state index contributed by atoms with van der Waals surface area (Å²) in [7, 11) is 1.49. The predicted molar refractivity (Wildman–Crippen MR) is 80.5 cm³/mol. The fourth-order valence-corrected chi connectivity index (χ4v) is 4.33. The third kappa shape index (κ3) is 5.35. The van der Waals surface area contributed by atoms with Gasteiger partial charge < -0.3 is 10.1 Å². The van der Waals surface area contributed by atoms with Crippen LogP contribution in [0.5, 0.6) is 0 Å². The Bertz CT molecular complexity index is 294. The molecule has 0 aromatic rings. The van der Waals surface area contributed by atoms with Gasteiger partial charge in [-0.2, -0.15) is 11.8 Å². The summed E-state index contributed by atoms with van der Waals surface area (Å²) in [6.45, 7) is 2.36. The van der Waals surface area contributed by atoms with Crippen molar-refractivity contribution in [3.63, 3.8) is 0 Å². The predicted octanol–water partition coefficient (Wildman–Crippen LogP) is 2.98. The van der Waals surface area contributed by atoms with Crippen molar-refractivity contribution in [2.75, 3.05) is 12.9 Å². The lowest BCUT2D eigenvalue weighted by Gasteiger charge is -2.26. The van der Waals surface area contributed by atoms with E-state index in [1.807, 2.05) is 0 Å². The molecule has 2 fully saturated rings. The largest absolute Gasteiger partial charge is 0.468 e. The van der Waals surface area contributed by atoms with Crippen molar-refractivity contribution in [1.82, 2.24) is 5.32 Å². The number of hydrogen-bond donors (Lipinski definition) is 1. The first kappa shape index (κ1) is 15.2. The van der Waals surface area contributed by atoms with Crippen LogP contribution in [0.4, 0.5) is 0 Å². The van der Waals surface area contributed by atoms with Crippen LogP contribution in [0, 0.1) is 5.92 Å². The van der Waals surface area contributed by atoms with Crippen molar-refractivity contribution in [3.05, 3.63) is 0 Å². The number of rotatable bonds is 7. The van der Waals surface area contributed by atoms with Gasteiger partial charge in [0.2, 0.25) is 0 Å². The Morgan fingerprint density at radius 3 is 2.79 bits per heavy atom. The molecule has 2 aliphatic carbocycles. The van der Waals surface area contributed by atoms with Gasteiger partial charge in [-0.15, -0.1) is 0 Å². The van der Waals surface area contributed by atoms with Crippen LogP contribution >= 0.6 is 11.8 Å². The lowest BCUT2D eigenvalue weighted by Crippen LogP contribution is -2.39. The lowest BCUT2D eigenvalue weighted by atomic mass is 9.91. The molecule has 3 nitrogen and oxygen atoms in total. The highest BCUT2D eigenvalue weighted by Crippen LogP contribution is 2.32. The minimum Gasteiger partial charge on any atom is -0.468 e. The van der Waals surface area contributed by atoms with Crippen LogP contribution in [0.25, 0.3) is 0 Å². The zero-order valence-electron chi connectivity index (χ0n) is 12.2. The molecule has 0 bridgehead atoms. The lowest BCUT2D eigenvalue weighted by molar-refractivity contribution is -0.143. The standard InChI is InChI=1S/C15H27NO2S/c1-11-4-3-5-13(10-11)19-9-8-14(15(17)18-2)16-12-6-7-12/h11-14,16H,3-10H2,1-2H3. The van der Waals surface area contributed by atoms with E-state index >= 15 is 0 Å². The molecule has 0 aromatic carbocycles. The third-order valence-electron chi connectivity index (χ3n) is 4.15. The average Bonchev–Trinajstić information content (AvgIpc) is 3.21. The summed E-state index contributed by atoms with van der Waals surface area (Å²) in [6, 6.07) is 0.467. The van der Waals surface area contributed by atoms with Gasteiger partial charge in [0.25, 0.3) is 0 Å². The van der Waals surface area contributed by atoms with Crippen molar-refractivity contribution in [2.45, 2.75) is 69.2 Å². The van der Waals surface area contributed by atoms with Gasteiger partial charge in [0, 0.05) is 11.3 Å². The second-order valence-corrected chi connectivity index (χ2v) is 7.48. The Morgan fingerprint density at radius 2 is 2.16 bits per heavy atom. The monoisotopic (exact) mass is 285 g/mol. The van der Waals surface area contributed by atoms with Gasteiger partial charge >= 0.3 is 5.97 Å². The minimum absolute atomic E-state index is 0.0917. The van der Waals surface area contributed by atoms with Crippen LogP contribution in [0.3, 0.4) is 0 Å². The van der Waals surface area contributed by atoms with Gasteiger partial charge in [0.05, 0.1) is 7.11 Å². The van der Waals surface area contributed by atoms with E-state index in [0.717, 1.165) is 23.3 Å².